The van der Waals surface area contributed by atoms with Crippen LogP contribution in [-0.4, -0.2) is 38.6 Å². The third-order valence-electron chi connectivity index (χ3n) is 12.3. The minimum atomic E-state index is -2.68. The number of carbonyl (C=O) groups excluding carboxylic acids is 2. The Labute approximate surface area is 300 Å². The largest absolute Gasteiger partial charge is 0.357 e. The number of fused-ring (bicyclic) bond motifs is 2. The molecule has 1 unspecified atom stereocenters. The van der Waals surface area contributed by atoms with Crippen LogP contribution in [0.1, 0.15) is 126 Å². The third-order valence-corrected chi connectivity index (χ3v) is 12.3. The average molecular weight is 716 g/mol. The lowest BCUT2D eigenvalue weighted by Crippen LogP contribution is -2.40. The molecule has 0 saturated heterocycles. The molecule has 274 valence electrons. The Hall–Kier alpha value is -4.33. The highest BCUT2D eigenvalue weighted by Gasteiger charge is 2.49. The molecule has 4 fully saturated rings. The van der Waals surface area contributed by atoms with Crippen LogP contribution >= 0.6 is 0 Å². The Morgan fingerprint density at radius 1 is 0.692 bits per heavy atom. The number of imidazole rings is 1. The van der Waals surface area contributed by atoms with Crippen molar-refractivity contribution >= 4 is 33.8 Å². The van der Waals surface area contributed by atoms with E-state index in [1.807, 2.05) is 36.4 Å². The van der Waals surface area contributed by atoms with Gasteiger partial charge in [0.05, 0.1) is 23.1 Å². The molecule has 2 amide bonds. The van der Waals surface area contributed by atoms with Crippen molar-refractivity contribution in [1.29, 1.82) is 0 Å². The summed E-state index contributed by atoms with van der Waals surface area (Å²) in [6, 6.07) is 13.2. The molecule has 7 nitrogen and oxygen atoms in total. The van der Waals surface area contributed by atoms with Crippen molar-refractivity contribution in [3.63, 3.8) is 0 Å². The SMILES string of the molecule is CC1(C(NC(=O)C2CCC(F)(F)CC2)c2cc3ccc(C#Cc4ccc5nc([C@@H](NC(=O)C6CCC(F)(F)CC6)C6(C)CC6)[nH]c5c4)cc3[nH]2)CC1. The predicted octanol–water partition coefficient (Wildman–Crippen LogP) is 9.01. The number of amides is 2. The smallest absolute Gasteiger partial charge is 0.248 e. The van der Waals surface area contributed by atoms with E-state index in [1.54, 1.807) is 0 Å². The summed E-state index contributed by atoms with van der Waals surface area (Å²) in [7, 11) is 0. The number of aromatic nitrogens is 3. The van der Waals surface area contributed by atoms with Crippen LogP contribution in [0, 0.1) is 34.5 Å². The summed E-state index contributed by atoms with van der Waals surface area (Å²) in [4.78, 5) is 38.1. The van der Waals surface area contributed by atoms with Gasteiger partial charge in [-0.1, -0.05) is 31.8 Å². The fourth-order valence-corrected chi connectivity index (χ4v) is 8.07. The molecule has 2 heterocycles. The number of halogens is 4. The summed E-state index contributed by atoms with van der Waals surface area (Å²) < 4.78 is 54.9. The van der Waals surface area contributed by atoms with Gasteiger partial charge in [-0.3, -0.25) is 9.59 Å². The molecule has 0 radical (unpaired) electrons. The number of hydrogen-bond acceptors (Lipinski definition) is 3. The highest BCUT2D eigenvalue weighted by Crippen LogP contribution is 2.55. The zero-order valence-electron chi connectivity index (χ0n) is 29.6. The van der Waals surface area contributed by atoms with Crippen molar-refractivity contribution in [2.24, 2.45) is 22.7 Å². The fraction of sp³-hybridized carbons (Fsp3) is 0.537. The fourth-order valence-electron chi connectivity index (χ4n) is 8.07. The van der Waals surface area contributed by atoms with Crippen molar-refractivity contribution < 1.29 is 27.2 Å². The van der Waals surface area contributed by atoms with Crippen LogP contribution in [0.3, 0.4) is 0 Å². The zero-order valence-corrected chi connectivity index (χ0v) is 29.6. The van der Waals surface area contributed by atoms with Crippen LogP contribution in [-0.2, 0) is 9.59 Å². The highest BCUT2D eigenvalue weighted by molar-refractivity contribution is 5.84. The number of nitrogens with one attached hydrogen (secondary N) is 4. The van der Waals surface area contributed by atoms with Crippen molar-refractivity contribution in [2.45, 2.75) is 115 Å². The van der Waals surface area contributed by atoms with Crippen molar-refractivity contribution in [3.05, 3.63) is 65.1 Å². The van der Waals surface area contributed by atoms with Crippen molar-refractivity contribution in [3.8, 4) is 11.8 Å². The van der Waals surface area contributed by atoms with Crippen LogP contribution < -0.4 is 10.6 Å². The van der Waals surface area contributed by atoms with Gasteiger partial charge >= 0.3 is 0 Å². The molecule has 52 heavy (non-hydrogen) atoms. The van der Waals surface area contributed by atoms with Gasteiger partial charge < -0.3 is 20.6 Å². The number of rotatable bonds is 8. The molecule has 8 rings (SSSR count). The summed E-state index contributed by atoms with van der Waals surface area (Å²) in [5.41, 5.74) is 4.76. The van der Waals surface area contributed by atoms with Crippen LogP contribution in [0.2, 0.25) is 0 Å². The first-order valence-electron chi connectivity index (χ1n) is 18.7. The molecule has 2 aromatic heterocycles. The van der Waals surface area contributed by atoms with E-state index >= 15 is 0 Å². The van der Waals surface area contributed by atoms with Gasteiger partial charge in [-0.15, -0.1) is 0 Å². The Morgan fingerprint density at radius 3 is 1.75 bits per heavy atom. The molecule has 2 atom stereocenters. The maximum Gasteiger partial charge on any atom is 0.248 e. The number of hydrogen-bond donors (Lipinski definition) is 4. The van der Waals surface area contributed by atoms with Crippen LogP contribution in [0.4, 0.5) is 17.6 Å². The Kier molecular flexibility index (Phi) is 8.46. The predicted molar refractivity (Wildman–Crippen MR) is 191 cm³/mol. The lowest BCUT2D eigenvalue weighted by Gasteiger charge is -2.30. The normalized spacial score (nSPS) is 23.0. The van der Waals surface area contributed by atoms with Gasteiger partial charge in [0.15, 0.2) is 0 Å². The monoisotopic (exact) mass is 715 g/mol. The van der Waals surface area contributed by atoms with Crippen LogP contribution in [0.5, 0.6) is 0 Å². The molecule has 4 aliphatic rings. The maximum atomic E-state index is 13.7. The second-order valence-corrected chi connectivity index (χ2v) is 16.6. The number of carbonyl (C=O) groups is 2. The molecule has 11 heteroatoms. The molecule has 0 spiro atoms. The minimum Gasteiger partial charge on any atom is -0.357 e. The number of H-pyrrole nitrogens is 2. The number of alkyl halides is 4. The number of aromatic amines is 2. The van der Waals surface area contributed by atoms with Crippen molar-refractivity contribution in [1.82, 2.24) is 25.6 Å². The summed E-state index contributed by atoms with van der Waals surface area (Å²) in [6.45, 7) is 4.27. The minimum absolute atomic E-state index is 0.0826. The van der Waals surface area contributed by atoms with E-state index in [9.17, 15) is 27.2 Å². The molecule has 4 saturated carbocycles. The first-order chi connectivity index (χ1) is 24.7. The molecule has 4 aromatic rings. The zero-order chi connectivity index (χ0) is 36.5. The van der Waals surface area contributed by atoms with E-state index in [-0.39, 0.29) is 92.0 Å². The van der Waals surface area contributed by atoms with Crippen LogP contribution in [0.15, 0.2) is 42.5 Å². The summed E-state index contributed by atoms with van der Waals surface area (Å²) in [5, 5.41) is 7.38. The van der Waals surface area contributed by atoms with Gasteiger partial charge in [0.25, 0.3) is 0 Å². The first kappa shape index (κ1) is 34.7. The third kappa shape index (κ3) is 7.18. The van der Waals surface area contributed by atoms with E-state index in [4.69, 9.17) is 4.98 Å². The molecule has 4 aliphatic carbocycles. The van der Waals surface area contributed by atoms with E-state index in [2.05, 4.69) is 52.4 Å². The standard InChI is InChI=1S/C41H45F4N5O2/c1-38(17-18-38)33(49-36(51)26-9-13-40(42,43)14-10-26)32-23-28-7-5-24(21-30(28)46-32)3-4-25-6-8-29-31(22-25)48-35(47-29)34(39(2)19-20-39)50-37(52)27-11-15-41(44,45)16-12-27/h5-8,21-23,26-27,33-34,46H,9-20H2,1-2H3,(H,47,48)(H,49,51)(H,50,52)/t33?,34-/m1/s1. The molecule has 0 aliphatic heterocycles. The number of nitrogens with zero attached hydrogens (tertiary/aromatic N) is 1. The lowest BCUT2D eigenvalue weighted by atomic mass is 9.85. The van der Waals surface area contributed by atoms with Gasteiger partial charge in [0.1, 0.15) is 5.82 Å². The van der Waals surface area contributed by atoms with Gasteiger partial charge in [-0.2, -0.15) is 0 Å². The second kappa shape index (κ2) is 12.7. The highest BCUT2D eigenvalue weighted by atomic mass is 19.3. The van der Waals surface area contributed by atoms with E-state index in [0.717, 1.165) is 64.4 Å². The quantitative estimate of drug-likeness (QED) is 0.108. The summed E-state index contributed by atoms with van der Waals surface area (Å²) in [6.07, 6.45) is 3.65. The number of benzene rings is 2. The Bertz CT molecular complexity index is 1930. The van der Waals surface area contributed by atoms with E-state index < -0.39 is 17.8 Å². The summed E-state index contributed by atoms with van der Waals surface area (Å²) >= 11 is 0. The van der Waals surface area contributed by atoms with Crippen LogP contribution in [0.25, 0.3) is 21.9 Å². The second-order valence-electron chi connectivity index (χ2n) is 16.6. The van der Waals surface area contributed by atoms with Gasteiger partial charge in [0, 0.05) is 59.9 Å². The van der Waals surface area contributed by atoms with E-state index in [0.29, 0.717) is 5.82 Å². The van der Waals surface area contributed by atoms with E-state index in [1.165, 1.54) is 0 Å². The topological polar surface area (TPSA) is 103 Å². The van der Waals surface area contributed by atoms with Gasteiger partial charge in [-0.05, 0) is 104 Å². The maximum absolute atomic E-state index is 13.7. The lowest BCUT2D eigenvalue weighted by molar-refractivity contribution is -0.131. The molecule has 0 bridgehead atoms. The molecular weight excluding hydrogens is 670 g/mol. The van der Waals surface area contributed by atoms with Gasteiger partial charge in [-0.25, -0.2) is 22.5 Å². The average Bonchev–Trinajstić information content (AvgIpc) is 3.93. The summed E-state index contributed by atoms with van der Waals surface area (Å²) in [5.74, 6) is 0.711. The molecular formula is C41H45F4N5O2. The van der Waals surface area contributed by atoms with Gasteiger partial charge in [0.2, 0.25) is 23.7 Å². The molecule has 4 N–H and O–H groups in total. The Balaban J connectivity index is 0.974. The van der Waals surface area contributed by atoms with Crippen molar-refractivity contribution in [2.75, 3.05) is 0 Å². The first-order valence-corrected chi connectivity index (χ1v) is 18.7. The molecule has 2 aromatic carbocycles. The Morgan fingerprint density at radius 2 is 1.19 bits per heavy atom.